The van der Waals surface area contributed by atoms with E-state index < -0.39 is 12.0 Å². The van der Waals surface area contributed by atoms with E-state index in [4.69, 9.17) is 0 Å². The van der Waals surface area contributed by atoms with Gasteiger partial charge in [-0.2, -0.15) is 11.8 Å². The number of likely N-dealkylation sites (tertiary alicyclic amines) is 1. The van der Waals surface area contributed by atoms with Crippen LogP contribution in [0.3, 0.4) is 0 Å². The number of amides is 1. The minimum Gasteiger partial charge on any atom is -0.480 e. The van der Waals surface area contributed by atoms with Gasteiger partial charge in [-0.05, 0) is 91.0 Å². The van der Waals surface area contributed by atoms with Crippen LogP contribution in [0.5, 0.6) is 0 Å². The number of nitrogens with zero attached hydrogens (tertiary/aromatic N) is 1. The van der Waals surface area contributed by atoms with Crippen LogP contribution in [0.25, 0.3) is 11.1 Å². The van der Waals surface area contributed by atoms with E-state index in [1.807, 2.05) is 30.5 Å². The Morgan fingerprint density at radius 2 is 1.70 bits per heavy atom. The van der Waals surface area contributed by atoms with Crippen molar-refractivity contribution in [2.75, 3.05) is 12.0 Å². The third-order valence-electron chi connectivity index (χ3n) is 8.05. The third kappa shape index (κ3) is 7.55. The standard InChI is InChI=1S/C34H42N2O3S/c1-4-10-27-16-17-28(21-25-12-6-5-7-13-25)36(27)23-26-15-18-30(31(22-26)29-14-9-8-11-24(29)2)33(37)35-32(34(38)39)19-20-40-3/h5-9,11-15,18,22,27-28,32H,4,10,16-17,19-21,23H2,1-3H3,(H,35,37)(H,38,39)/t27-,28+,32-/m0/s1. The first-order valence-corrected chi connectivity index (χ1v) is 15.8. The summed E-state index contributed by atoms with van der Waals surface area (Å²) in [6.45, 7) is 5.14. The highest BCUT2D eigenvalue weighted by Crippen LogP contribution is 2.33. The van der Waals surface area contributed by atoms with Gasteiger partial charge in [-0.25, -0.2) is 4.79 Å². The summed E-state index contributed by atoms with van der Waals surface area (Å²) in [6.07, 6.45) is 8.11. The number of aliphatic carboxylic acids is 1. The molecule has 5 nitrogen and oxygen atoms in total. The maximum Gasteiger partial charge on any atom is 0.326 e. The largest absolute Gasteiger partial charge is 0.480 e. The molecule has 0 aromatic heterocycles. The quantitative estimate of drug-likeness (QED) is 0.237. The van der Waals surface area contributed by atoms with E-state index in [2.05, 4.69) is 72.6 Å². The molecule has 1 saturated heterocycles. The molecule has 1 heterocycles. The van der Waals surface area contributed by atoms with Crippen molar-refractivity contribution in [3.05, 3.63) is 95.1 Å². The van der Waals surface area contributed by atoms with Gasteiger partial charge in [0.15, 0.2) is 0 Å². The minimum absolute atomic E-state index is 0.342. The smallest absolute Gasteiger partial charge is 0.326 e. The van der Waals surface area contributed by atoms with E-state index in [1.165, 1.54) is 30.4 Å². The lowest BCUT2D eigenvalue weighted by molar-refractivity contribution is -0.139. The van der Waals surface area contributed by atoms with E-state index in [0.717, 1.165) is 36.1 Å². The van der Waals surface area contributed by atoms with Crippen molar-refractivity contribution in [3.63, 3.8) is 0 Å². The number of thioether (sulfide) groups is 1. The molecule has 0 saturated carbocycles. The zero-order chi connectivity index (χ0) is 28.5. The number of hydrogen-bond donors (Lipinski definition) is 2. The van der Waals surface area contributed by atoms with Crippen molar-refractivity contribution in [2.24, 2.45) is 0 Å². The summed E-state index contributed by atoms with van der Waals surface area (Å²) in [7, 11) is 0. The molecule has 1 aliphatic rings. The number of carbonyl (C=O) groups is 2. The fourth-order valence-corrected chi connectivity index (χ4v) is 6.42. The average molecular weight is 559 g/mol. The van der Waals surface area contributed by atoms with Gasteiger partial charge in [-0.3, -0.25) is 9.69 Å². The molecule has 2 N–H and O–H groups in total. The molecule has 0 unspecified atom stereocenters. The van der Waals surface area contributed by atoms with E-state index in [-0.39, 0.29) is 5.91 Å². The van der Waals surface area contributed by atoms with Crippen LogP contribution >= 0.6 is 11.8 Å². The number of aryl methyl sites for hydroxylation is 1. The predicted molar refractivity (Wildman–Crippen MR) is 166 cm³/mol. The molecular weight excluding hydrogens is 516 g/mol. The van der Waals surface area contributed by atoms with E-state index >= 15 is 0 Å². The SMILES string of the molecule is CCC[C@H]1CC[C@H](Cc2ccccc2)N1Cc1ccc(C(=O)N[C@@H](CCSC)C(=O)O)c(-c2ccccc2C)c1. The number of carboxylic acid groups (broad SMARTS) is 1. The zero-order valence-electron chi connectivity index (χ0n) is 23.9. The second-order valence-electron chi connectivity index (χ2n) is 10.9. The molecule has 212 valence electrons. The van der Waals surface area contributed by atoms with Gasteiger partial charge in [-0.1, -0.05) is 74.0 Å². The first kappa shape index (κ1) is 29.9. The number of hydrogen-bond acceptors (Lipinski definition) is 4. The monoisotopic (exact) mass is 558 g/mol. The zero-order valence-corrected chi connectivity index (χ0v) is 24.8. The molecule has 4 rings (SSSR count). The molecule has 1 amide bonds. The van der Waals surface area contributed by atoms with E-state index in [0.29, 0.717) is 29.8 Å². The summed E-state index contributed by atoms with van der Waals surface area (Å²) >= 11 is 1.57. The van der Waals surface area contributed by atoms with Gasteiger partial charge < -0.3 is 10.4 Å². The molecule has 3 atom stereocenters. The first-order valence-electron chi connectivity index (χ1n) is 14.4. The normalized spacial score (nSPS) is 18.0. The Labute approximate surface area is 243 Å². The third-order valence-corrected chi connectivity index (χ3v) is 8.69. The first-order chi connectivity index (χ1) is 19.4. The summed E-state index contributed by atoms with van der Waals surface area (Å²) in [6, 6.07) is 25.0. The number of nitrogens with one attached hydrogen (secondary N) is 1. The second-order valence-corrected chi connectivity index (χ2v) is 11.9. The van der Waals surface area contributed by atoms with Crippen LogP contribution in [-0.4, -0.2) is 52.0 Å². The lowest BCUT2D eigenvalue weighted by Crippen LogP contribution is -2.41. The summed E-state index contributed by atoms with van der Waals surface area (Å²) < 4.78 is 0. The highest BCUT2D eigenvalue weighted by Gasteiger charge is 2.33. The molecule has 40 heavy (non-hydrogen) atoms. The Morgan fingerprint density at radius 3 is 2.40 bits per heavy atom. The number of carbonyl (C=O) groups excluding carboxylic acids is 1. The molecule has 1 aliphatic heterocycles. The van der Waals surface area contributed by atoms with E-state index in [1.54, 1.807) is 11.8 Å². The molecule has 6 heteroatoms. The molecule has 0 aliphatic carbocycles. The van der Waals surface area contributed by atoms with Gasteiger partial charge in [0.25, 0.3) is 5.91 Å². The lowest BCUT2D eigenvalue weighted by atomic mass is 9.93. The molecule has 1 fully saturated rings. The van der Waals surface area contributed by atoms with Gasteiger partial charge in [0.2, 0.25) is 0 Å². The molecule has 3 aromatic rings. The Morgan fingerprint density at radius 1 is 0.975 bits per heavy atom. The van der Waals surface area contributed by atoms with Gasteiger partial charge in [0, 0.05) is 24.2 Å². The fourth-order valence-electron chi connectivity index (χ4n) is 5.95. The van der Waals surface area contributed by atoms with Crippen molar-refractivity contribution in [2.45, 2.75) is 77.0 Å². The van der Waals surface area contributed by atoms with Crippen LogP contribution < -0.4 is 5.32 Å². The van der Waals surface area contributed by atoms with Crippen LogP contribution in [0.4, 0.5) is 0 Å². The Bertz CT molecular complexity index is 1280. The highest BCUT2D eigenvalue weighted by molar-refractivity contribution is 7.98. The fraction of sp³-hybridized carbons (Fsp3) is 0.412. The predicted octanol–water partition coefficient (Wildman–Crippen LogP) is 6.97. The molecule has 0 bridgehead atoms. The summed E-state index contributed by atoms with van der Waals surface area (Å²) in [5.41, 5.74) is 5.99. The number of rotatable bonds is 13. The molecule has 0 spiro atoms. The Balaban J connectivity index is 1.65. The van der Waals surface area contributed by atoms with Crippen LogP contribution in [0.2, 0.25) is 0 Å². The van der Waals surface area contributed by atoms with Gasteiger partial charge in [0.1, 0.15) is 6.04 Å². The molecular formula is C34H42N2O3S. The highest BCUT2D eigenvalue weighted by atomic mass is 32.2. The maximum atomic E-state index is 13.5. The van der Waals surface area contributed by atoms with Crippen molar-refractivity contribution in [1.29, 1.82) is 0 Å². The number of carboxylic acids is 1. The van der Waals surface area contributed by atoms with Crippen LogP contribution in [-0.2, 0) is 17.8 Å². The minimum atomic E-state index is -1.00. The summed E-state index contributed by atoms with van der Waals surface area (Å²) in [5.74, 6) is -0.679. The topological polar surface area (TPSA) is 69.6 Å². The molecule has 0 radical (unpaired) electrons. The van der Waals surface area contributed by atoms with Gasteiger partial charge in [0.05, 0.1) is 0 Å². The van der Waals surface area contributed by atoms with Crippen molar-refractivity contribution < 1.29 is 14.7 Å². The van der Waals surface area contributed by atoms with Crippen molar-refractivity contribution >= 4 is 23.6 Å². The van der Waals surface area contributed by atoms with Crippen LogP contribution in [0.15, 0.2) is 72.8 Å². The Kier molecular flexibility index (Phi) is 10.8. The average Bonchev–Trinajstić information content (AvgIpc) is 3.32. The van der Waals surface area contributed by atoms with Crippen molar-refractivity contribution in [3.8, 4) is 11.1 Å². The second kappa shape index (κ2) is 14.5. The maximum absolute atomic E-state index is 13.5. The number of benzene rings is 3. The van der Waals surface area contributed by atoms with Crippen LogP contribution in [0, 0.1) is 6.92 Å². The lowest BCUT2D eigenvalue weighted by Gasteiger charge is -2.31. The van der Waals surface area contributed by atoms with Gasteiger partial charge >= 0.3 is 5.97 Å². The Hall–Kier alpha value is -3.09. The molecule has 3 aromatic carbocycles. The van der Waals surface area contributed by atoms with Gasteiger partial charge in [-0.15, -0.1) is 0 Å². The van der Waals surface area contributed by atoms with Crippen LogP contribution in [0.1, 0.15) is 66.1 Å². The summed E-state index contributed by atoms with van der Waals surface area (Å²) in [5, 5.41) is 12.5. The summed E-state index contributed by atoms with van der Waals surface area (Å²) in [4.78, 5) is 28.0. The van der Waals surface area contributed by atoms with E-state index in [9.17, 15) is 14.7 Å². The van der Waals surface area contributed by atoms with Crippen molar-refractivity contribution in [1.82, 2.24) is 10.2 Å².